The SMILES string of the molecule is CCSc1nnc(NC(=O)C(C)Sc2ncnc3nc[nH]c23)s1. The van der Waals surface area contributed by atoms with Crippen molar-refractivity contribution in [1.82, 2.24) is 30.1 Å². The number of carbonyl (C=O) groups excluding carboxylic acids is 1. The molecular weight excluding hydrogens is 354 g/mol. The second-order valence-corrected chi connectivity index (χ2v) is 8.15. The summed E-state index contributed by atoms with van der Waals surface area (Å²) in [7, 11) is 0. The van der Waals surface area contributed by atoms with Gasteiger partial charge in [-0.3, -0.25) is 10.1 Å². The predicted octanol–water partition coefficient (Wildman–Crippen LogP) is 2.44. The van der Waals surface area contributed by atoms with E-state index >= 15 is 0 Å². The Morgan fingerprint density at radius 1 is 1.39 bits per heavy atom. The second-order valence-electron chi connectivity index (χ2n) is 4.34. The minimum absolute atomic E-state index is 0.148. The van der Waals surface area contributed by atoms with E-state index < -0.39 is 0 Å². The molecule has 11 heteroatoms. The largest absolute Gasteiger partial charge is 0.341 e. The van der Waals surface area contributed by atoms with Crippen molar-refractivity contribution < 1.29 is 4.79 Å². The number of aromatic amines is 1. The van der Waals surface area contributed by atoms with Crippen LogP contribution in [0.1, 0.15) is 13.8 Å². The summed E-state index contributed by atoms with van der Waals surface area (Å²) in [4.78, 5) is 27.6. The predicted molar refractivity (Wildman–Crippen MR) is 91.9 cm³/mol. The van der Waals surface area contributed by atoms with Gasteiger partial charge in [0.05, 0.1) is 11.6 Å². The molecule has 0 saturated carbocycles. The molecule has 0 bridgehead atoms. The van der Waals surface area contributed by atoms with Crippen molar-refractivity contribution in [3.63, 3.8) is 0 Å². The number of nitrogens with zero attached hydrogens (tertiary/aromatic N) is 5. The van der Waals surface area contributed by atoms with Crippen molar-refractivity contribution in [3.8, 4) is 0 Å². The summed E-state index contributed by atoms with van der Waals surface area (Å²) in [5, 5.41) is 11.6. The summed E-state index contributed by atoms with van der Waals surface area (Å²) in [6.07, 6.45) is 3.00. The Kier molecular flexibility index (Phi) is 5.08. The van der Waals surface area contributed by atoms with E-state index in [1.165, 1.54) is 29.4 Å². The third-order valence-electron chi connectivity index (χ3n) is 2.75. The molecule has 0 radical (unpaired) electrons. The molecule has 1 unspecified atom stereocenters. The van der Waals surface area contributed by atoms with Crippen LogP contribution in [-0.2, 0) is 4.79 Å². The zero-order valence-electron chi connectivity index (χ0n) is 12.3. The van der Waals surface area contributed by atoms with Gasteiger partial charge in [-0.15, -0.1) is 10.2 Å². The molecule has 0 aliphatic carbocycles. The number of nitrogens with one attached hydrogen (secondary N) is 2. The van der Waals surface area contributed by atoms with Gasteiger partial charge in [0.25, 0.3) is 0 Å². The molecule has 1 amide bonds. The molecule has 23 heavy (non-hydrogen) atoms. The molecule has 0 saturated heterocycles. The van der Waals surface area contributed by atoms with Gasteiger partial charge in [0.1, 0.15) is 16.9 Å². The third-order valence-corrected chi connectivity index (χ3v) is 5.70. The number of aromatic nitrogens is 6. The Balaban J connectivity index is 1.66. The lowest BCUT2D eigenvalue weighted by molar-refractivity contribution is -0.115. The zero-order valence-corrected chi connectivity index (χ0v) is 14.8. The Morgan fingerprint density at radius 2 is 2.26 bits per heavy atom. The normalized spacial score (nSPS) is 12.4. The topological polar surface area (TPSA) is 109 Å². The molecule has 0 spiro atoms. The highest BCUT2D eigenvalue weighted by Gasteiger charge is 2.19. The van der Waals surface area contributed by atoms with Crippen LogP contribution < -0.4 is 5.32 Å². The fraction of sp³-hybridized carbons (Fsp3) is 0.333. The van der Waals surface area contributed by atoms with Crippen LogP contribution in [-0.4, -0.2) is 47.0 Å². The first-order chi connectivity index (χ1) is 11.2. The standard InChI is InChI=1S/C12H13N7OS3/c1-3-21-12-19-18-11(23-12)17-9(20)6(2)22-10-7-8(14-4-13-7)15-5-16-10/h4-6H,3H2,1-2H3,(H,17,18,20)(H,13,14,15,16). The number of H-pyrrole nitrogens is 1. The smallest absolute Gasteiger partial charge is 0.239 e. The molecule has 2 N–H and O–H groups in total. The summed E-state index contributed by atoms with van der Waals surface area (Å²) >= 11 is 4.31. The summed E-state index contributed by atoms with van der Waals surface area (Å²) in [6, 6.07) is 0. The number of carbonyl (C=O) groups is 1. The number of imidazole rings is 1. The Hall–Kier alpha value is -1.72. The van der Waals surface area contributed by atoms with Gasteiger partial charge >= 0.3 is 0 Å². The van der Waals surface area contributed by atoms with Crippen LogP contribution in [0.4, 0.5) is 5.13 Å². The van der Waals surface area contributed by atoms with E-state index in [0.717, 1.165) is 15.6 Å². The van der Waals surface area contributed by atoms with Crippen molar-refractivity contribution in [2.45, 2.75) is 28.5 Å². The molecule has 8 nitrogen and oxygen atoms in total. The van der Waals surface area contributed by atoms with Gasteiger partial charge in [0, 0.05) is 0 Å². The lowest BCUT2D eigenvalue weighted by Crippen LogP contribution is -2.22. The molecule has 3 aromatic heterocycles. The second kappa shape index (κ2) is 7.23. The number of hydrogen-bond donors (Lipinski definition) is 2. The molecule has 0 fully saturated rings. The third kappa shape index (κ3) is 3.79. The first kappa shape index (κ1) is 16.1. The van der Waals surface area contributed by atoms with E-state index in [2.05, 4.69) is 35.5 Å². The minimum Gasteiger partial charge on any atom is -0.341 e. The van der Waals surface area contributed by atoms with E-state index in [0.29, 0.717) is 15.8 Å². The highest BCUT2D eigenvalue weighted by Crippen LogP contribution is 2.28. The van der Waals surface area contributed by atoms with Crippen LogP contribution in [0, 0.1) is 0 Å². The molecule has 120 valence electrons. The Morgan fingerprint density at radius 3 is 3.09 bits per heavy atom. The number of fused-ring (bicyclic) bond motifs is 1. The summed E-state index contributed by atoms with van der Waals surface area (Å²) in [6.45, 7) is 3.86. The molecule has 0 aromatic carbocycles. The van der Waals surface area contributed by atoms with E-state index in [1.807, 2.05) is 13.8 Å². The first-order valence-electron chi connectivity index (χ1n) is 6.75. The van der Waals surface area contributed by atoms with Crippen molar-refractivity contribution in [3.05, 3.63) is 12.7 Å². The van der Waals surface area contributed by atoms with Crippen LogP contribution in [0.15, 0.2) is 22.0 Å². The molecular formula is C12H13N7OS3. The van der Waals surface area contributed by atoms with Crippen LogP contribution in [0.2, 0.25) is 0 Å². The van der Waals surface area contributed by atoms with Gasteiger partial charge < -0.3 is 4.98 Å². The molecule has 0 aliphatic rings. The van der Waals surface area contributed by atoms with Gasteiger partial charge in [0.15, 0.2) is 9.99 Å². The van der Waals surface area contributed by atoms with Crippen LogP contribution in [0.25, 0.3) is 11.2 Å². The van der Waals surface area contributed by atoms with E-state index in [1.54, 1.807) is 18.1 Å². The maximum Gasteiger partial charge on any atom is 0.239 e. The van der Waals surface area contributed by atoms with Crippen LogP contribution in [0.5, 0.6) is 0 Å². The molecule has 1 atom stereocenters. The fourth-order valence-electron chi connectivity index (χ4n) is 1.70. The number of anilines is 1. The number of amides is 1. The van der Waals surface area contributed by atoms with E-state index in [-0.39, 0.29) is 11.2 Å². The average molecular weight is 367 g/mol. The van der Waals surface area contributed by atoms with Gasteiger partial charge in [-0.1, -0.05) is 41.8 Å². The average Bonchev–Trinajstić information content (AvgIpc) is 3.17. The van der Waals surface area contributed by atoms with Gasteiger partial charge in [-0.2, -0.15) is 0 Å². The van der Waals surface area contributed by atoms with Gasteiger partial charge in [-0.05, 0) is 12.7 Å². The number of hydrogen-bond acceptors (Lipinski definition) is 9. The van der Waals surface area contributed by atoms with Crippen molar-refractivity contribution in [1.29, 1.82) is 0 Å². The zero-order chi connectivity index (χ0) is 16.2. The molecule has 3 aromatic rings. The van der Waals surface area contributed by atoms with Crippen molar-refractivity contribution in [2.24, 2.45) is 0 Å². The highest BCUT2D eigenvalue weighted by molar-refractivity contribution is 8.01. The molecule has 0 aliphatic heterocycles. The summed E-state index contributed by atoms with van der Waals surface area (Å²) < 4.78 is 0.845. The number of rotatable bonds is 6. The minimum atomic E-state index is -0.345. The molecule has 3 heterocycles. The highest BCUT2D eigenvalue weighted by atomic mass is 32.2. The lowest BCUT2D eigenvalue weighted by Gasteiger charge is -2.09. The summed E-state index contributed by atoms with van der Waals surface area (Å²) in [5.41, 5.74) is 1.31. The lowest BCUT2D eigenvalue weighted by atomic mass is 10.4. The van der Waals surface area contributed by atoms with E-state index in [4.69, 9.17) is 0 Å². The molecule has 3 rings (SSSR count). The fourth-order valence-corrected chi connectivity index (χ4v) is 4.23. The van der Waals surface area contributed by atoms with Crippen molar-refractivity contribution in [2.75, 3.05) is 11.1 Å². The van der Waals surface area contributed by atoms with E-state index in [9.17, 15) is 4.79 Å². The van der Waals surface area contributed by atoms with Crippen molar-refractivity contribution >= 4 is 57.1 Å². The Bertz CT molecular complexity index is 818. The van der Waals surface area contributed by atoms with Crippen LogP contribution >= 0.6 is 34.9 Å². The number of thioether (sulfide) groups is 2. The van der Waals surface area contributed by atoms with Crippen LogP contribution in [0.3, 0.4) is 0 Å². The maximum absolute atomic E-state index is 12.3. The monoisotopic (exact) mass is 367 g/mol. The first-order valence-corrected chi connectivity index (χ1v) is 9.43. The summed E-state index contributed by atoms with van der Waals surface area (Å²) in [5.74, 6) is 0.772. The maximum atomic E-state index is 12.3. The van der Waals surface area contributed by atoms with Gasteiger partial charge in [-0.25, -0.2) is 15.0 Å². The van der Waals surface area contributed by atoms with Gasteiger partial charge in [0.2, 0.25) is 11.0 Å². The quantitative estimate of drug-likeness (QED) is 0.388. The Labute approximate surface area is 144 Å².